The van der Waals surface area contributed by atoms with Gasteiger partial charge in [0.1, 0.15) is 5.82 Å². The Morgan fingerprint density at radius 3 is 2.73 bits per heavy atom. The summed E-state index contributed by atoms with van der Waals surface area (Å²) in [4.78, 5) is 5.11. The maximum Gasteiger partial charge on any atom is 0.123 e. The van der Waals surface area contributed by atoms with Gasteiger partial charge >= 0.3 is 0 Å². The van der Waals surface area contributed by atoms with E-state index in [-0.39, 0.29) is 30.6 Å². The van der Waals surface area contributed by atoms with Crippen LogP contribution in [0.15, 0.2) is 18.2 Å². The van der Waals surface area contributed by atoms with Crippen molar-refractivity contribution in [3.63, 3.8) is 0 Å². The highest BCUT2D eigenvalue weighted by atomic mass is 35.5. The number of piperazine rings is 1. The predicted octanol–water partition coefficient (Wildman–Crippen LogP) is 4.07. The lowest BCUT2D eigenvalue weighted by molar-refractivity contribution is 0.0661. The standard InChI is InChI=1S/C17H25FN2.2ClH/c1-2-3-4-8-19-10-11-20-9-7-14-5-6-15(18)12-16(14)17(20)13-19;;/h5-6,12,17H,2-4,7-11,13H2,1H3;2*1H. The lowest BCUT2D eigenvalue weighted by atomic mass is 9.90. The van der Waals surface area contributed by atoms with E-state index < -0.39 is 0 Å². The van der Waals surface area contributed by atoms with Gasteiger partial charge in [0.15, 0.2) is 0 Å². The quantitative estimate of drug-likeness (QED) is 0.756. The van der Waals surface area contributed by atoms with E-state index in [1.807, 2.05) is 6.07 Å². The molecule has 0 aliphatic carbocycles. The molecule has 1 fully saturated rings. The number of benzene rings is 1. The molecule has 0 aromatic heterocycles. The van der Waals surface area contributed by atoms with Gasteiger partial charge in [-0.2, -0.15) is 0 Å². The van der Waals surface area contributed by atoms with Crippen LogP contribution in [0.25, 0.3) is 0 Å². The van der Waals surface area contributed by atoms with Crippen molar-refractivity contribution in [3.8, 4) is 0 Å². The molecule has 1 saturated heterocycles. The van der Waals surface area contributed by atoms with Gasteiger partial charge in [-0.25, -0.2) is 4.39 Å². The highest BCUT2D eigenvalue weighted by molar-refractivity contribution is 5.85. The molecule has 2 aliphatic heterocycles. The first-order valence-electron chi connectivity index (χ1n) is 8.02. The van der Waals surface area contributed by atoms with Gasteiger partial charge in [-0.15, -0.1) is 24.8 Å². The second kappa shape index (κ2) is 9.07. The van der Waals surface area contributed by atoms with Crippen LogP contribution in [0.3, 0.4) is 0 Å². The van der Waals surface area contributed by atoms with Crippen molar-refractivity contribution >= 4 is 24.8 Å². The summed E-state index contributed by atoms with van der Waals surface area (Å²) in [6.45, 7) is 7.95. The molecule has 1 aromatic rings. The van der Waals surface area contributed by atoms with E-state index in [4.69, 9.17) is 0 Å². The highest BCUT2D eigenvalue weighted by Gasteiger charge is 2.32. The zero-order valence-electron chi connectivity index (χ0n) is 13.3. The number of unbranched alkanes of at least 4 members (excludes halogenated alkanes) is 2. The van der Waals surface area contributed by atoms with Crippen molar-refractivity contribution < 1.29 is 4.39 Å². The van der Waals surface area contributed by atoms with Crippen molar-refractivity contribution in [3.05, 3.63) is 35.1 Å². The molecule has 1 atom stereocenters. The molecule has 0 amide bonds. The number of nitrogens with zero attached hydrogens (tertiary/aromatic N) is 2. The summed E-state index contributed by atoms with van der Waals surface area (Å²) in [6.07, 6.45) is 4.95. The molecule has 0 saturated carbocycles. The third-order valence-electron chi connectivity index (χ3n) is 4.79. The van der Waals surface area contributed by atoms with Gasteiger partial charge in [-0.05, 0) is 42.6 Å². The van der Waals surface area contributed by atoms with E-state index in [0.717, 1.165) is 26.1 Å². The van der Waals surface area contributed by atoms with Crippen LogP contribution in [0, 0.1) is 5.82 Å². The average Bonchev–Trinajstić information content (AvgIpc) is 2.47. The van der Waals surface area contributed by atoms with Crippen molar-refractivity contribution in [1.82, 2.24) is 9.80 Å². The first kappa shape index (κ1) is 19.7. The third kappa shape index (κ3) is 4.35. The maximum atomic E-state index is 13.6. The molecule has 0 radical (unpaired) electrons. The number of fused-ring (bicyclic) bond motifs is 3. The van der Waals surface area contributed by atoms with Gasteiger partial charge in [0, 0.05) is 32.2 Å². The van der Waals surface area contributed by atoms with Gasteiger partial charge < -0.3 is 4.90 Å². The minimum atomic E-state index is -0.0892. The molecule has 0 N–H and O–H groups in total. The van der Waals surface area contributed by atoms with Crippen LogP contribution in [0.1, 0.15) is 43.4 Å². The second-order valence-corrected chi connectivity index (χ2v) is 6.15. The van der Waals surface area contributed by atoms with E-state index in [2.05, 4.69) is 16.7 Å². The fourth-order valence-electron chi connectivity index (χ4n) is 3.60. The zero-order chi connectivity index (χ0) is 13.9. The largest absolute Gasteiger partial charge is 0.300 e. The van der Waals surface area contributed by atoms with Crippen LogP contribution in [0.2, 0.25) is 0 Å². The molecule has 2 heterocycles. The Labute approximate surface area is 145 Å². The fourth-order valence-corrected chi connectivity index (χ4v) is 3.60. The lowest BCUT2D eigenvalue weighted by Gasteiger charge is -2.45. The fraction of sp³-hybridized carbons (Fsp3) is 0.647. The van der Waals surface area contributed by atoms with Crippen molar-refractivity contribution in [2.75, 3.05) is 32.7 Å². The maximum absolute atomic E-state index is 13.6. The topological polar surface area (TPSA) is 6.48 Å². The normalized spacial score (nSPS) is 21.3. The van der Waals surface area contributed by atoms with Gasteiger partial charge in [-0.1, -0.05) is 25.8 Å². The molecule has 2 aliphatic rings. The summed E-state index contributed by atoms with van der Waals surface area (Å²) in [5, 5.41) is 0. The molecular formula is C17H27Cl2FN2. The molecule has 0 spiro atoms. The molecule has 22 heavy (non-hydrogen) atoms. The number of rotatable bonds is 4. The second-order valence-electron chi connectivity index (χ2n) is 6.15. The Morgan fingerprint density at radius 2 is 1.95 bits per heavy atom. The van der Waals surface area contributed by atoms with Crippen molar-refractivity contribution in [2.24, 2.45) is 0 Å². The Morgan fingerprint density at radius 1 is 1.14 bits per heavy atom. The number of hydrogen-bond donors (Lipinski definition) is 0. The van der Waals surface area contributed by atoms with Gasteiger partial charge in [0.05, 0.1) is 0 Å². The summed E-state index contributed by atoms with van der Waals surface area (Å²) >= 11 is 0. The van der Waals surface area contributed by atoms with Crippen molar-refractivity contribution in [2.45, 2.75) is 38.6 Å². The Bertz CT molecular complexity index is 470. The molecule has 2 nitrogen and oxygen atoms in total. The summed E-state index contributed by atoms with van der Waals surface area (Å²) in [7, 11) is 0. The van der Waals surface area contributed by atoms with Crippen LogP contribution in [-0.2, 0) is 6.42 Å². The Kier molecular flexibility index (Phi) is 8.12. The average molecular weight is 349 g/mol. The Balaban J connectivity index is 0.00000121. The first-order valence-corrected chi connectivity index (χ1v) is 8.02. The van der Waals surface area contributed by atoms with Gasteiger partial charge in [0.25, 0.3) is 0 Å². The van der Waals surface area contributed by atoms with E-state index in [0.29, 0.717) is 6.04 Å². The zero-order valence-corrected chi connectivity index (χ0v) is 14.9. The molecular weight excluding hydrogens is 322 g/mol. The molecule has 5 heteroatoms. The minimum absolute atomic E-state index is 0. The van der Waals surface area contributed by atoms with Gasteiger partial charge in [0.2, 0.25) is 0 Å². The smallest absolute Gasteiger partial charge is 0.123 e. The number of halogens is 3. The molecule has 1 aromatic carbocycles. The first-order chi connectivity index (χ1) is 9.78. The molecule has 0 bridgehead atoms. The molecule has 1 unspecified atom stereocenters. The van der Waals surface area contributed by atoms with E-state index in [1.165, 1.54) is 43.5 Å². The van der Waals surface area contributed by atoms with Crippen LogP contribution in [-0.4, -0.2) is 42.5 Å². The summed E-state index contributed by atoms with van der Waals surface area (Å²) < 4.78 is 13.6. The lowest BCUT2D eigenvalue weighted by Crippen LogP contribution is -2.51. The predicted molar refractivity (Wildman–Crippen MR) is 94.9 cm³/mol. The van der Waals surface area contributed by atoms with Gasteiger partial charge in [-0.3, -0.25) is 4.90 Å². The minimum Gasteiger partial charge on any atom is -0.300 e. The third-order valence-corrected chi connectivity index (χ3v) is 4.79. The van der Waals surface area contributed by atoms with Crippen LogP contribution >= 0.6 is 24.8 Å². The Hall–Kier alpha value is -0.350. The number of hydrogen-bond acceptors (Lipinski definition) is 2. The molecule has 126 valence electrons. The van der Waals surface area contributed by atoms with Crippen LogP contribution in [0.4, 0.5) is 4.39 Å². The van der Waals surface area contributed by atoms with E-state index in [1.54, 1.807) is 12.1 Å². The monoisotopic (exact) mass is 348 g/mol. The van der Waals surface area contributed by atoms with Crippen LogP contribution in [0.5, 0.6) is 0 Å². The van der Waals surface area contributed by atoms with Crippen LogP contribution < -0.4 is 0 Å². The molecule has 3 rings (SSSR count). The highest BCUT2D eigenvalue weighted by Crippen LogP contribution is 2.33. The van der Waals surface area contributed by atoms with E-state index in [9.17, 15) is 4.39 Å². The SMILES string of the molecule is CCCCCN1CCN2CCc3ccc(F)cc3C2C1.Cl.Cl. The summed E-state index contributed by atoms with van der Waals surface area (Å²) in [5.74, 6) is -0.0892. The summed E-state index contributed by atoms with van der Waals surface area (Å²) in [5.41, 5.74) is 2.58. The van der Waals surface area contributed by atoms with E-state index >= 15 is 0 Å². The summed E-state index contributed by atoms with van der Waals surface area (Å²) in [6, 6.07) is 5.76. The van der Waals surface area contributed by atoms with Crippen molar-refractivity contribution in [1.29, 1.82) is 0 Å².